The van der Waals surface area contributed by atoms with Gasteiger partial charge in [0.05, 0.1) is 88.2 Å². The monoisotopic (exact) mass is 1820 g/mol. The number of rotatable bonds is 45. The average Bonchev–Trinajstić information content (AvgIpc) is 1.54. The Bertz CT molecular complexity index is 4120. The number of hydrogen-bond acceptors (Lipinski definition) is 18. The molecule has 1 fully saturated rings. The molecule has 1 aliphatic rings. The summed E-state index contributed by atoms with van der Waals surface area (Å²) in [5.41, 5.74) is -0.889. The summed E-state index contributed by atoms with van der Waals surface area (Å²) < 4.78 is 418. The Morgan fingerprint density at radius 3 is 1.22 bits per heavy atom. The first-order valence-corrected chi connectivity index (χ1v) is 35.7. The number of ether oxygens (including phenoxy) is 10. The number of carbonyl (C=O) groups excluding carboxylic acids is 6. The number of nitriles is 2. The summed E-state index contributed by atoms with van der Waals surface area (Å²) in [5.74, 6) is -83.8. The van der Waals surface area contributed by atoms with E-state index in [1.165, 1.54) is 31.2 Å². The van der Waals surface area contributed by atoms with Crippen molar-refractivity contribution >= 4 is 35.8 Å². The van der Waals surface area contributed by atoms with Crippen molar-refractivity contribution in [3.05, 3.63) is 163 Å². The van der Waals surface area contributed by atoms with Crippen molar-refractivity contribution in [1.82, 2.24) is 0 Å². The maximum Gasteiger partial charge on any atom is 0.460 e. The predicted octanol–water partition coefficient (Wildman–Crippen LogP) is 19.9. The fourth-order valence-electron chi connectivity index (χ4n) is 9.66. The smallest absolute Gasteiger partial charge is 0.460 e. The maximum absolute atomic E-state index is 14.3. The van der Waals surface area contributed by atoms with E-state index in [1.807, 2.05) is 44.2 Å². The first-order valence-electron chi connectivity index (χ1n) is 35.7. The van der Waals surface area contributed by atoms with Crippen molar-refractivity contribution in [1.29, 1.82) is 10.5 Å². The van der Waals surface area contributed by atoms with E-state index in [9.17, 15) is 152 Å². The average molecular weight is 1820 g/mol. The highest BCUT2D eigenvalue weighted by Gasteiger charge is 2.92. The van der Waals surface area contributed by atoms with Crippen LogP contribution < -0.4 is 14.2 Å². The second-order valence-corrected chi connectivity index (χ2v) is 24.9. The van der Waals surface area contributed by atoms with E-state index in [0.717, 1.165) is 23.8 Å². The number of hydrogen-bond donors (Lipinski definition) is 0. The molecule has 18 nitrogen and oxygen atoms in total. The van der Waals surface area contributed by atoms with Gasteiger partial charge in [-0.2, -0.15) is 125 Å². The van der Waals surface area contributed by atoms with E-state index in [4.69, 9.17) is 48.4 Å². The molecule has 688 valence electrons. The Kier molecular flexibility index (Phi) is 43.4. The van der Waals surface area contributed by atoms with Gasteiger partial charge in [-0.15, -0.1) is 0 Å². The van der Waals surface area contributed by atoms with E-state index in [1.54, 1.807) is 48.5 Å². The number of nitrogens with zero attached hydrogens (tertiary/aromatic N) is 2. The molecule has 0 N–H and O–H groups in total. The quantitative estimate of drug-likeness (QED) is 0.0131. The lowest BCUT2D eigenvalue weighted by atomic mass is 9.89. The molecule has 3 atom stereocenters. The Morgan fingerprint density at radius 2 is 0.813 bits per heavy atom. The summed E-state index contributed by atoms with van der Waals surface area (Å²) in [4.78, 5) is 71.0. The lowest BCUT2D eigenvalue weighted by Gasteiger charge is -2.39. The molecule has 3 unspecified atom stereocenters. The SMILES string of the molecule is C=CC(=O)OCCC(F)(F)C(F)(F)C(F)(F)C(F)(F)C(F)(F)C(F)(F)F.C=CC(=O)OCCCCOc1ccc(C#N)c(F)c1.C=CC(=O)OCc1ccccc1.CC.CCC(C(=O)OCCC(F)(F)C(F)(F)C(F)(F)C(F)(F)C(F)(F)C(F)(F)F)C1CC1(CCC(=O)OCCOCCOc1ccccc1)C(=O)OCCCCOc1ccc(C#N)c(F)c1. The zero-order chi connectivity index (χ0) is 94.5. The Balaban J connectivity index is 0.00000103. The zero-order valence-electron chi connectivity index (χ0n) is 64.6. The molecule has 1 aliphatic carbocycles. The van der Waals surface area contributed by atoms with Crippen LogP contribution in [0.25, 0.3) is 0 Å². The molecule has 0 aromatic heterocycles. The minimum Gasteiger partial charge on any atom is -0.493 e. The molecule has 46 heteroatoms. The van der Waals surface area contributed by atoms with E-state index < -0.39 is 163 Å². The number of benzene rings is 4. The van der Waals surface area contributed by atoms with Gasteiger partial charge >= 0.3 is 107 Å². The van der Waals surface area contributed by atoms with Gasteiger partial charge in [0.1, 0.15) is 60.8 Å². The predicted molar refractivity (Wildman–Crippen MR) is 372 cm³/mol. The van der Waals surface area contributed by atoms with Gasteiger partial charge in [0.15, 0.2) is 0 Å². The van der Waals surface area contributed by atoms with E-state index in [-0.39, 0.29) is 94.6 Å². The second-order valence-electron chi connectivity index (χ2n) is 24.9. The largest absolute Gasteiger partial charge is 0.493 e. The lowest BCUT2D eigenvalue weighted by molar-refractivity contribution is -0.440. The molecule has 0 spiro atoms. The van der Waals surface area contributed by atoms with E-state index in [0.29, 0.717) is 50.2 Å². The normalized spacial score (nSPS) is 14.7. The molecule has 5 rings (SSSR count). The van der Waals surface area contributed by atoms with Gasteiger partial charge in [-0.25, -0.2) is 23.2 Å². The van der Waals surface area contributed by atoms with E-state index >= 15 is 0 Å². The fraction of sp³-hybridized carbons (Fsp3) is 0.506. The summed E-state index contributed by atoms with van der Waals surface area (Å²) in [6.07, 6.45) is -17.4. The highest BCUT2D eigenvalue weighted by molar-refractivity contribution is 5.85. The number of esters is 6. The van der Waals surface area contributed by atoms with Crippen molar-refractivity contribution in [2.24, 2.45) is 17.3 Å². The summed E-state index contributed by atoms with van der Waals surface area (Å²) in [6.45, 7) is 11.6. The summed E-state index contributed by atoms with van der Waals surface area (Å²) in [5, 5.41) is 17.4. The third kappa shape index (κ3) is 30.4. The lowest BCUT2D eigenvalue weighted by Crippen LogP contribution is -2.70. The van der Waals surface area contributed by atoms with Crippen LogP contribution in [0.2, 0.25) is 0 Å². The number of para-hydroxylation sites is 1. The zero-order valence-corrected chi connectivity index (χ0v) is 64.6. The Hall–Kier alpha value is -10.7. The van der Waals surface area contributed by atoms with Crippen LogP contribution in [-0.4, -0.2) is 173 Å². The fourth-order valence-corrected chi connectivity index (χ4v) is 9.66. The van der Waals surface area contributed by atoms with Crippen LogP contribution in [0, 0.1) is 51.5 Å². The van der Waals surface area contributed by atoms with Gasteiger partial charge in [-0.3, -0.25) is 14.4 Å². The van der Waals surface area contributed by atoms with Crippen LogP contribution in [-0.2, 0) is 68.5 Å². The van der Waals surface area contributed by atoms with Crippen LogP contribution >= 0.6 is 0 Å². The Morgan fingerprint density at radius 1 is 0.439 bits per heavy atom. The maximum atomic E-state index is 14.3. The molecule has 123 heavy (non-hydrogen) atoms. The highest BCUT2D eigenvalue weighted by Crippen LogP contribution is 2.64. The molecule has 0 radical (unpaired) electrons. The molecule has 4 aromatic rings. The number of carbonyl (C=O) groups is 6. The molecule has 1 saturated carbocycles. The van der Waals surface area contributed by atoms with Crippen molar-refractivity contribution in [3.63, 3.8) is 0 Å². The van der Waals surface area contributed by atoms with Crippen molar-refractivity contribution in [2.45, 2.75) is 163 Å². The number of halogens is 28. The summed E-state index contributed by atoms with van der Waals surface area (Å²) >= 11 is 0. The minimum absolute atomic E-state index is 0.00109. The van der Waals surface area contributed by atoms with Crippen molar-refractivity contribution in [3.8, 4) is 29.4 Å². The number of unbranched alkanes of at least 4 members (excludes halogenated alkanes) is 2. The van der Waals surface area contributed by atoms with Gasteiger partial charge in [0.2, 0.25) is 0 Å². The van der Waals surface area contributed by atoms with Gasteiger partial charge in [-0.1, -0.05) is 89.0 Å². The molecule has 0 amide bonds. The topological polar surface area (TPSA) is 242 Å². The van der Waals surface area contributed by atoms with Crippen LogP contribution in [0.1, 0.15) is 102 Å². The van der Waals surface area contributed by atoms with Crippen molar-refractivity contribution in [2.75, 3.05) is 66.1 Å². The van der Waals surface area contributed by atoms with Gasteiger partial charge in [0, 0.05) is 36.8 Å². The molecule has 0 aliphatic heterocycles. The third-order valence-electron chi connectivity index (χ3n) is 16.5. The molecule has 0 bridgehead atoms. The van der Waals surface area contributed by atoms with Crippen LogP contribution in [0.3, 0.4) is 0 Å². The standard InChI is InChI=1S/C40H41F14NO9.C14H14FNO3.C11H7F13O2.C10H10O2.C2H6/c1-2-28(32(57)63-17-14-35(42,43)36(44,45)37(46,47)38(48,49)39(50,51)40(52,53)54)29-23-34(29,13-12-31(56)62-21-19-59-18-20-61-26-8-4-3-5-9-26)33(58)64-16-7-6-15-60-27-11-10-25(24-55)30(41)22-27;1-2-14(17)19-8-4-3-7-18-12-6-5-11(10-16)13(15)9-12;1-2-5(25)26-4-3-6(12,13)7(14,15)8(16,17)9(18,19)10(20,21)11(22,23)24;1-2-10(11)12-8-9-6-4-3-5-7-9;1-2/h3-5,8-11,22,28-29H,2,6-7,12-21,23H2,1H3;2,5-6,9H,1,3-4,7-8H2;2H,1,3-4H2;2-7H,1,8H2;1-2H3. The first-order chi connectivity index (χ1) is 56.9. The van der Waals surface area contributed by atoms with E-state index in [2.05, 4.69) is 29.2 Å². The highest BCUT2D eigenvalue weighted by atomic mass is 19.4. The van der Waals surface area contributed by atoms with Crippen LogP contribution in [0.4, 0.5) is 123 Å². The van der Waals surface area contributed by atoms with Crippen molar-refractivity contribution < 1.29 is 199 Å². The molecular weight excluding hydrogens is 1740 g/mol. The van der Waals surface area contributed by atoms with Gasteiger partial charge < -0.3 is 47.4 Å². The second kappa shape index (κ2) is 48.4. The van der Waals surface area contributed by atoms with Gasteiger partial charge in [0.25, 0.3) is 0 Å². The van der Waals surface area contributed by atoms with Crippen LogP contribution in [0.15, 0.2) is 135 Å². The number of alkyl halides is 26. The minimum atomic E-state index is -8.09. The van der Waals surface area contributed by atoms with Gasteiger partial charge in [-0.05, 0) is 92.8 Å². The Labute approximate surface area is 682 Å². The molecular formula is C77H78F28N2O16. The molecule has 4 aromatic carbocycles. The first kappa shape index (κ1) is 110. The van der Waals surface area contributed by atoms with Crippen LogP contribution in [0.5, 0.6) is 17.2 Å². The molecule has 0 heterocycles. The summed E-state index contributed by atoms with van der Waals surface area (Å²) in [6, 6.07) is 29.3. The summed E-state index contributed by atoms with van der Waals surface area (Å²) in [7, 11) is 0. The third-order valence-corrected chi connectivity index (χ3v) is 16.5. The molecule has 0 saturated heterocycles.